The maximum Gasteiger partial charge on any atom is 0.220 e. The average molecular weight is 318 g/mol. The second-order valence-corrected chi connectivity index (χ2v) is 6.52. The summed E-state index contributed by atoms with van der Waals surface area (Å²) >= 11 is 0. The van der Waals surface area contributed by atoms with Crippen LogP contribution in [-0.2, 0) is 16.1 Å². The van der Waals surface area contributed by atoms with Crippen molar-refractivity contribution in [1.29, 1.82) is 0 Å². The number of nitrogens with one attached hydrogen (secondary N) is 1. The van der Waals surface area contributed by atoms with Crippen molar-refractivity contribution < 1.29 is 9.59 Å². The number of carbonyl (C=O) groups excluding carboxylic acids is 2. The van der Waals surface area contributed by atoms with Crippen LogP contribution in [-0.4, -0.2) is 29.9 Å². The van der Waals surface area contributed by atoms with E-state index in [1.165, 1.54) is 0 Å². The van der Waals surface area contributed by atoms with Crippen molar-refractivity contribution in [3.05, 3.63) is 23.9 Å². The highest BCUT2D eigenvalue weighted by Gasteiger charge is 2.24. The third-order valence-electron chi connectivity index (χ3n) is 4.13. The van der Waals surface area contributed by atoms with Crippen molar-refractivity contribution in [2.75, 3.05) is 18.0 Å². The molecule has 6 heteroatoms. The van der Waals surface area contributed by atoms with Crippen LogP contribution >= 0.6 is 0 Å². The van der Waals surface area contributed by atoms with Gasteiger partial charge in [-0.05, 0) is 24.8 Å². The number of nitrogens with two attached hydrogens (primary N) is 1. The van der Waals surface area contributed by atoms with Crippen LogP contribution in [0.15, 0.2) is 18.3 Å². The third-order valence-corrected chi connectivity index (χ3v) is 4.13. The molecule has 0 radical (unpaired) electrons. The van der Waals surface area contributed by atoms with Crippen molar-refractivity contribution in [1.82, 2.24) is 10.3 Å². The third kappa shape index (κ3) is 4.94. The maximum absolute atomic E-state index is 11.8. The fourth-order valence-corrected chi connectivity index (χ4v) is 2.87. The molecule has 1 aromatic heterocycles. The summed E-state index contributed by atoms with van der Waals surface area (Å²) < 4.78 is 0. The molecule has 0 spiro atoms. The zero-order valence-electron chi connectivity index (χ0n) is 13.9. The van der Waals surface area contributed by atoms with Gasteiger partial charge in [-0.1, -0.05) is 19.9 Å². The van der Waals surface area contributed by atoms with E-state index in [9.17, 15) is 9.59 Å². The highest BCUT2D eigenvalue weighted by Crippen LogP contribution is 2.24. The number of hydrogen-bond acceptors (Lipinski definition) is 4. The van der Waals surface area contributed by atoms with E-state index in [4.69, 9.17) is 5.73 Å². The standard InChI is InChI=1S/C17H26N4O2/c1-12(2)10-15(22)20-11-14-4-3-7-19-17(14)21-8-5-13(6-9-21)16(18)23/h3-4,7,12-13H,5-6,8-11H2,1-2H3,(H2,18,23)(H,20,22). The summed E-state index contributed by atoms with van der Waals surface area (Å²) in [5, 5.41) is 2.96. The Bertz CT molecular complexity index is 551. The fourth-order valence-electron chi connectivity index (χ4n) is 2.87. The molecule has 2 rings (SSSR count). The van der Waals surface area contributed by atoms with Gasteiger partial charge in [-0.15, -0.1) is 0 Å². The minimum atomic E-state index is -0.216. The van der Waals surface area contributed by atoms with Crippen LogP contribution in [0.1, 0.15) is 38.7 Å². The lowest BCUT2D eigenvalue weighted by molar-refractivity contribution is -0.123. The first kappa shape index (κ1) is 17.2. The Hall–Kier alpha value is -2.11. The van der Waals surface area contributed by atoms with Crippen LogP contribution in [0, 0.1) is 11.8 Å². The molecule has 1 fully saturated rings. The fraction of sp³-hybridized carbons (Fsp3) is 0.588. The van der Waals surface area contributed by atoms with Gasteiger partial charge in [-0.3, -0.25) is 9.59 Å². The van der Waals surface area contributed by atoms with Crippen molar-refractivity contribution in [2.24, 2.45) is 17.6 Å². The normalized spacial score (nSPS) is 15.7. The second-order valence-electron chi connectivity index (χ2n) is 6.52. The molecule has 0 aliphatic carbocycles. The summed E-state index contributed by atoms with van der Waals surface area (Å²) in [6.45, 7) is 6.05. The minimum absolute atomic E-state index is 0.0378. The summed E-state index contributed by atoms with van der Waals surface area (Å²) in [5.41, 5.74) is 6.38. The predicted octanol–water partition coefficient (Wildman–Crippen LogP) is 1.45. The molecular formula is C17H26N4O2. The van der Waals surface area contributed by atoms with Gasteiger partial charge in [0.1, 0.15) is 5.82 Å². The largest absolute Gasteiger partial charge is 0.369 e. The molecule has 0 unspecified atom stereocenters. The van der Waals surface area contributed by atoms with Crippen LogP contribution in [0.2, 0.25) is 0 Å². The number of aromatic nitrogens is 1. The van der Waals surface area contributed by atoms with Gasteiger partial charge < -0.3 is 16.0 Å². The molecule has 2 heterocycles. The molecule has 1 saturated heterocycles. The van der Waals surface area contributed by atoms with Gasteiger partial charge in [0, 0.05) is 43.7 Å². The van der Waals surface area contributed by atoms with Gasteiger partial charge in [0.15, 0.2) is 0 Å². The Morgan fingerprint density at radius 1 is 1.39 bits per heavy atom. The van der Waals surface area contributed by atoms with Gasteiger partial charge in [0.2, 0.25) is 11.8 Å². The summed E-state index contributed by atoms with van der Waals surface area (Å²) in [7, 11) is 0. The van der Waals surface area contributed by atoms with E-state index in [-0.39, 0.29) is 17.7 Å². The predicted molar refractivity (Wildman–Crippen MR) is 89.7 cm³/mol. The monoisotopic (exact) mass is 318 g/mol. The first-order valence-electron chi connectivity index (χ1n) is 8.22. The van der Waals surface area contributed by atoms with E-state index in [0.29, 0.717) is 18.9 Å². The van der Waals surface area contributed by atoms with Gasteiger partial charge in [0.25, 0.3) is 0 Å². The summed E-state index contributed by atoms with van der Waals surface area (Å²) in [5.74, 6) is 1.04. The summed E-state index contributed by atoms with van der Waals surface area (Å²) in [6.07, 6.45) is 3.80. The first-order valence-corrected chi connectivity index (χ1v) is 8.22. The molecular weight excluding hydrogens is 292 g/mol. The molecule has 0 bridgehead atoms. The van der Waals surface area contributed by atoms with Crippen molar-refractivity contribution in [2.45, 2.75) is 39.7 Å². The van der Waals surface area contributed by atoms with E-state index in [2.05, 4.69) is 15.2 Å². The second kappa shape index (κ2) is 7.94. The van der Waals surface area contributed by atoms with Gasteiger partial charge >= 0.3 is 0 Å². The average Bonchev–Trinajstić information content (AvgIpc) is 2.52. The molecule has 1 aliphatic rings. The van der Waals surface area contributed by atoms with E-state index in [1.54, 1.807) is 6.20 Å². The van der Waals surface area contributed by atoms with Crippen LogP contribution in [0.25, 0.3) is 0 Å². The molecule has 0 atom stereocenters. The molecule has 1 aromatic rings. The first-order chi connectivity index (χ1) is 11.0. The van der Waals surface area contributed by atoms with Crippen molar-refractivity contribution in [3.8, 4) is 0 Å². The number of amides is 2. The van der Waals surface area contributed by atoms with E-state index < -0.39 is 0 Å². The number of pyridine rings is 1. The Morgan fingerprint density at radius 2 is 2.09 bits per heavy atom. The Morgan fingerprint density at radius 3 is 2.70 bits per heavy atom. The van der Waals surface area contributed by atoms with Crippen LogP contribution < -0.4 is 16.0 Å². The number of nitrogens with zero attached hydrogens (tertiary/aromatic N) is 2. The SMILES string of the molecule is CC(C)CC(=O)NCc1cccnc1N1CCC(C(N)=O)CC1. The van der Waals surface area contributed by atoms with Crippen LogP contribution in [0.4, 0.5) is 5.82 Å². The molecule has 6 nitrogen and oxygen atoms in total. The zero-order chi connectivity index (χ0) is 16.8. The smallest absolute Gasteiger partial charge is 0.220 e. The zero-order valence-corrected chi connectivity index (χ0v) is 13.9. The van der Waals surface area contributed by atoms with E-state index >= 15 is 0 Å². The molecule has 2 amide bonds. The lowest BCUT2D eigenvalue weighted by Gasteiger charge is -2.32. The van der Waals surface area contributed by atoms with E-state index in [0.717, 1.165) is 37.3 Å². The van der Waals surface area contributed by atoms with E-state index in [1.807, 2.05) is 26.0 Å². The molecule has 23 heavy (non-hydrogen) atoms. The Labute approximate surface area is 137 Å². The minimum Gasteiger partial charge on any atom is -0.369 e. The molecule has 3 N–H and O–H groups in total. The Kier molecular flexibility index (Phi) is 5.96. The maximum atomic E-state index is 11.8. The van der Waals surface area contributed by atoms with Crippen molar-refractivity contribution in [3.63, 3.8) is 0 Å². The summed E-state index contributed by atoms with van der Waals surface area (Å²) in [4.78, 5) is 29.7. The molecule has 126 valence electrons. The Balaban J connectivity index is 1.98. The number of piperidine rings is 1. The van der Waals surface area contributed by atoms with Gasteiger partial charge in [0.05, 0.1) is 0 Å². The lowest BCUT2D eigenvalue weighted by Crippen LogP contribution is -2.39. The van der Waals surface area contributed by atoms with Crippen LogP contribution in [0.5, 0.6) is 0 Å². The number of carbonyl (C=O) groups is 2. The summed E-state index contributed by atoms with van der Waals surface area (Å²) in [6, 6.07) is 3.86. The quantitative estimate of drug-likeness (QED) is 0.831. The topological polar surface area (TPSA) is 88.3 Å². The highest BCUT2D eigenvalue weighted by atomic mass is 16.2. The molecule has 1 aliphatic heterocycles. The molecule has 0 saturated carbocycles. The number of anilines is 1. The number of rotatable bonds is 6. The highest BCUT2D eigenvalue weighted by molar-refractivity contribution is 5.77. The number of hydrogen-bond donors (Lipinski definition) is 2. The van der Waals surface area contributed by atoms with Gasteiger partial charge in [-0.25, -0.2) is 4.98 Å². The lowest BCUT2D eigenvalue weighted by atomic mass is 9.96. The van der Waals surface area contributed by atoms with Crippen LogP contribution in [0.3, 0.4) is 0 Å². The van der Waals surface area contributed by atoms with Gasteiger partial charge in [-0.2, -0.15) is 0 Å². The number of primary amides is 1. The van der Waals surface area contributed by atoms with Crippen molar-refractivity contribution >= 4 is 17.6 Å². The molecule has 0 aromatic carbocycles.